The van der Waals surface area contributed by atoms with Gasteiger partial charge in [0, 0.05) is 13.2 Å². The number of hydrogen-bond acceptors (Lipinski definition) is 3. The second kappa shape index (κ2) is 4.86. The Bertz CT molecular complexity index is 586. The van der Waals surface area contributed by atoms with Crippen molar-refractivity contribution in [3.8, 4) is 0 Å². The van der Waals surface area contributed by atoms with E-state index in [2.05, 4.69) is 10.4 Å². The van der Waals surface area contributed by atoms with E-state index in [0.717, 1.165) is 37.1 Å². The third-order valence-corrected chi connectivity index (χ3v) is 4.70. The number of carbonyl (C=O) groups excluding carboxylic acids is 2. The van der Waals surface area contributed by atoms with Crippen molar-refractivity contribution < 1.29 is 9.59 Å². The maximum Gasteiger partial charge on any atom is 0.253 e. The lowest BCUT2D eigenvalue weighted by Crippen LogP contribution is -2.69. The van der Waals surface area contributed by atoms with Crippen LogP contribution in [0.15, 0.2) is 6.20 Å². The van der Waals surface area contributed by atoms with Crippen LogP contribution in [0.1, 0.15) is 44.7 Å². The van der Waals surface area contributed by atoms with Crippen LogP contribution in [-0.4, -0.2) is 33.2 Å². The number of carbonyl (C=O) groups is 2. The summed E-state index contributed by atoms with van der Waals surface area (Å²) in [5, 5.41) is 7.33. The van der Waals surface area contributed by atoms with Crippen LogP contribution in [0.5, 0.6) is 0 Å². The SMILES string of the molecule is CCC1C(=O)NC2(CCCC2)C(=O)N1c1cn(C)nc1C. The lowest BCUT2D eigenvalue weighted by molar-refractivity contribution is -0.138. The summed E-state index contributed by atoms with van der Waals surface area (Å²) in [6, 6.07) is -0.438. The van der Waals surface area contributed by atoms with Crippen LogP contribution in [0.3, 0.4) is 0 Å². The zero-order chi connectivity index (χ0) is 15.2. The molecule has 21 heavy (non-hydrogen) atoms. The normalized spacial score (nSPS) is 24.7. The van der Waals surface area contributed by atoms with Crippen LogP contribution >= 0.6 is 0 Å². The van der Waals surface area contributed by atoms with Crippen LogP contribution in [-0.2, 0) is 16.6 Å². The highest BCUT2D eigenvalue weighted by molar-refractivity contribution is 6.11. The molecule has 1 aliphatic heterocycles. The van der Waals surface area contributed by atoms with Crippen molar-refractivity contribution in [2.24, 2.45) is 7.05 Å². The van der Waals surface area contributed by atoms with E-state index in [9.17, 15) is 9.59 Å². The average molecular weight is 290 g/mol. The van der Waals surface area contributed by atoms with Gasteiger partial charge < -0.3 is 5.32 Å². The van der Waals surface area contributed by atoms with Crippen LogP contribution < -0.4 is 10.2 Å². The number of amides is 2. The van der Waals surface area contributed by atoms with Gasteiger partial charge in [-0.05, 0) is 26.2 Å². The molecule has 2 aliphatic rings. The predicted molar refractivity (Wildman–Crippen MR) is 78.9 cm³/mol. The molecule has 1 unspecified atom stereocenters. The molecule has 0 bridgehead atoms. The molecule has 6 nitrogen and oxygen atoms in total. The molecule has 1 aromatic heterocycles. The van der Waals surface area contributed by atoms with Gasteiger partial charge in [-0.15, -0.1) is 0 Å². The topological polar surface area (TPSA) is 67.2 Å². The molecule has 1 aromatic rings. The molecule has 1 N–H and O–H groups in total. The first-order valence-corrected chi connectivity index (χ1v) is 7.64. The monoisotopic (exact) mass is 290 g/mol. The van der Waals surface area contributed by atoms with Crippen molar-refractivity contribution >= 4 is 17.5 Å². The summed E-state index contributed by atoms with van der Waals surface area (Å²) in [5.74, 6) is -0.00944. The van der Waals surface area contributed by atoms with E-state index >= 15 is 0 Å². The fourth-order valence-corrected chi connectivity index (χ4v) is 3.65. The summed E-state index contributed by atoms with van der Waals surface area (Å²) in [7, 11) is 1.83. The van der Waals surface area contributed by atoms with Crippen LogP contribution in [0.4, 0.5) is 5.69 Å². The van der Waals surface area contributed by atoms with Crippen molar-refractivity contribution in [1.82, 2.24) is 15.1 Å². The molecule has 1 spiro atoms. The zero-order valence-corrected chi connectivity index (χ0v) is 12.8. The Morgan fingerprint density at radius 1 is 1.38 bits per heavy atom. The van der Waals surface area contributed by atoms with Gasteiger partial charge in [-0.25, -0.2) is 0 Å². The molecule has 1 saturated heterocycles. The van der Waals surface area contributed by atoms with Crippen molar-refractivity contribution in [1.29, 1.82) is 0 Å². The lowest BCUT2D eigenvalue weighted by atomic mass is 9.89. The molecular formula is C15H22N4O2. The van der Waals surface area contributed by atoms with Gasteiger partial charge in [0.2, 0.25) is 5.91 Å². The number of aryl methyl sites for hydroxylation is 2. The highest BCUT2D eigenvalue weighted by Crippen LogP contribution is 2.37. The highest BCUT2D eigenvalue weighted by atomic mass is 16.2. The summed E-state index contributed by atoms with van der Waals surface area (Å²) in [6.07, 6.45) is 5.89. The standard InChI is InChI=1S/C15H22N4O2/c1-4-11-13(20)16-15(7-5-6-8-15)14(21)19(11)12-9-18(3)17-10(12)2/h9,11H,4-8H2,1-3H3,(H,16,20). The van der Waals surface area contributed by atoms with E-state index in [4.69, 9.17) is 0 Å². The minimum Gasteiger partial charge on any atom is -0.340 e. The van der Waals surface area contributed by atoms with Gasteiger partial charge in [0.25, 0.3) is 5.91 Å². The third kappa shape index (κ3) is 2.04. The summed E-state index contributed by atoms with van der Waals surface area (Å²) in [6.45, 7) is 3.81. The van der Waals surface area contributed by atoms with E-state index in [1.54, 1.807) is 9.58 Å². The maximum atomic E-state index is 13.1. The summed E-state index contributed by atoms with van der Waals surface area (Å²) < 4.78 is 1.69. The van der Waals surface area contributed by atoms with E-state index in [1.807, 2.05) is 27.1 Å². The molecule has 1 atom stereocenters. The first-order valence-electron chi connectivity index (χ1n) is 7.64. The molecule has 6 heteroatoms. The van der Waals surface area contributed by atoms with Crippen molar-refractivity contribution in [3.63, 3.8) is 0 Å². The lowest BCUT2D eigenvalue weighted by Gasteiger charge is -2.43. The van der Waals surface area contributed by atoms with Crippen molar-refractivity contribution in [3.05, 3.63) is 11.9 Å². The summed E-state index contributed by atoms with van der Waals surface area (Å²) in [5.41, 5.74) is 0.855. The minimum atomic E-state index is -0.689. The van der Waals surface area contributed by atoms with Crippen molar-refractivity contribution in [2.75, 3.05) is 4.90 Å². The molecule has 114 valence electrons. The Kier molecular flexibility index (Phi) is 3.26. The molecule has 2 amide bonds. The molecule has 2 fully saturated rings. The Morgan fingerprint density at radius 2 is 2.05 bits per heavy atom. The molecule has 0 aromatic carbocycles. The fraction of sp³-hybridized carbons (Fsp3) is 0.667. The van der Waals surface area contributed by atoms with Gasteiger partial charge in [0.1, 0.15) is 11.6 Å². The van der Waals surface area contributed by atoms with E-state index in [0.29, 0.717) is 6.42 Å². The molecule has 2 heterocycles. The Balaban J connectivity index is 2.07. The number of nitrogens with one attached hydrogen (secondary N) is 1. The Hall–Kier alpha value is -1.85. The molecule has 1 aliphatic carbocycles. The van der Waals surface area contributed by atoms with Gasteiger partial charge in [-0.1, -0.05) is 19.8 Å². The van der Waals surface area contributed by atoms with Gasteiger partial charge >= 0.3 is 0 Å². The van der Waals surface area contributed by atoms with Crippen molar-refractivity contribution in [2.45, 2.75) is 57.5 Å². The Morgan fingerprint density at radius 3 is 2.57 bits per heavy atom. The molecule has 0 radical (unpaired) electrons. The van der Waals surface area contributed by atoms with Crippen LogP contribution in [0.2, 0.25) is 0 Å². The van der Waals surface area contributed by atoms with Crippen LogP contribution in [0, 0.1) is 6.92 Å². The second-order valence-corrected chi connectivity index (χ2v) is 6.15. The smallest absolute Gasteiger partial charge is 0.253 e. The largest absolute Gasteiger partial charge is 0.340 e. The molecule has 1 saturated carbocycles. The van der Waals surface area contributed by atoms with Gasteiger partial charge in [0.15, 0.2) is 0 Å². The molecule has 3 rings (SSSR count). The summed E-state index contributed by atoms with van der Waals surface area (Å²) in [4.78, 5) is 27.3. The molecular weight excluding hydrogens is 268 g/mol. The van der Waals surface area contributed by atoms with Crippen LogP contribution in [0.25, 0.3) is 0 Å². The second-order valence-electron chi connectivity index (χ2n) is 6.15. The average Bonchev–Trinajstić information content (AvgIpc) is 3.01. The van der Waals surface area contributed by atoms with Gasteiger partial charge in [-0.3, -0.25) is 19.2 Å². The summed E-state index contributed by atoms with van der Waals surface area (Å²) >= 11 is 0. The first-order chi connectivity index (χ1) is 9.98. The zero-order valence-electron chi connectivity index (χ0n) is 12.8. The quantitative estimate of drug-likeness (QED) is 0.892. The number of rotatable bonds is 2. The Labute approximate surface area is 124 Å². The highest BCUT2D eigenvalue weighted by Gasteiger charge is 2.52. The van der Waals surface area contributed by atoms with E-state index in [1.165, 1.54) is 0 Å². The van der Waals surface area contributed by atoms with E-state index < -0.39 is 11.6 Å². The fourth-order valence-electron chi connectivity index (χ4n) is 3.65. The number of hydrogen-bond donors (Lipinski definition) is 1. The number of aromatic nitrogens is 2. The maximum absolute atomic E-state index is 13.1. The predicted octanol–water partition coefficient (Wildman–Crippen LogP) is 1.28. The first kappa shape index (κ1) is 14.1. The van der Waals surface area contributed by atoms with Gasteiger partial charge in [-0.2, -0.15) is 5.10 Å². The number of nitrogens with zero attached hydrogens (tertiary/aromatic N) is 3. The van der Waals surface area contributed by atoms with E-state index in [-0.39, 0.29) is 11.8 Å². The number of anilines is 1. The number of piperazine rings is 1. The third-order valence-electron chi connectivity index (χ3n) is 4.70. The van der Waals surface area contributed by atoms with Gasteiger partial charge in [0.05, 0.1) is 11.4 Å². The minimum absolute atomic E-state index is 0.0301.